The van der Waals surface area contributed by atoms with E-state index in [1.165, 1.54) is 6.26 Å². The van der Waals surface area contributed by atoms with E-state index in [-0.39, 0.29) is 0 Å². The van der Waals surface area contributed by atoms with Crippen LogP contribution in [0.15, 0.2) is 41.3 Å². The van der Waals surface area contributed by atoms with Crippen LogP contribution in [0.4, 0.5) is 0 Å². The number of aryl methyl sites for hydroxylation is 1. The number of sulfone groups is 1. The van der Waals surface area contributed by atoms with E-state index in [0.717, 1.165) is 16.9 Å². The molecule has 99 valence electrons. The SMILES string of the molecule is COc1ccc(-c2[c]cccc2S(C)(=O)=O)cc1C. The number of ether oxygens (including phenoxy) is 1. The first-order valence-electron chi connectivity index (χ1n) is 5.79. The summed E-state index contributed by atoms with van der Waals surface area (Å²) in [6.45, 7) is 1.92. The molecule has 0 spiro atoms. The standard InChI is InChI=1S/C15H15O3S/c1-11-10-12(8-9-14(11)18-2)13-6-4-5-7-15(13)19(3,16)17/h4-5,7-10H,1-3H3. The van der Waals surface area contributed by atoms with Crippen molar-refractivity contribution in [2.75, 3.05) is 13.4 Å². The first-order chi connectivity index (χ1) is 8.93. The van der Waals surface area contributed by atoms with E-state index in [0.29, 0.717) is 10.5 Å². The van der Waals surface area contributed by atoms with Crippen molar-refractivity contribution >= 4 is 9.84 Å². The zero-order valence-electron chi connectivity index (χ0n) is 11.1. The molecule has 0 saturated carbocycles. The van der Waals surface area contributed by atoms with Crippen molar-refractivity contribution in [3.05, 3.63) is 48.0 Å². The smallest absolute Gasteiger partial charge is 0.176 e. The van der Waals surface area contributed by atoms with Gasteiger partial charge in [-0.05, 0) is 42.3 Å². The molecule has 0 aromatic heterocycles. The minimum absolute atomic E-state index is 0.291. The van der Waals surface area contributed by atoms with Gasteiger partial charge < -0.3 is 4.74 Å². The number of benzene rings is 2. The maximum absolute atomic E-state index is 11.8. The Bertz CT molecular complexity index is 703. The Morgan fingerprint density at radius 2 is 1.95 bits per heavy atom. The van der Waals surface area contributed by atoms with E-state index in [2.05, 4.69) is 6.07 Å². The molecule has 0 heterocycles. The van der Waals surface area contributed by atoms with Gasteiger partial charge in [0.15, 0.2) is 9.84 Å². The largest absolute Gasteiger partial charge is 0.496 e. The van der Waals surface area contributed by atoms with Gasteiger partial charge in [0.25, 0.3) is 0 Å². The van der Waals surface area contributed by atoms with Crippen LogP contribution in [0.3, 0.4) is 0 Å². The van der Waals surface area contributed by atoms with Gasteiger partial charge in [0.1, 0.15) is 5.75 Å². The quantitative estimate of drug-likeness (QED) is 0.865. The molecule has 2 aromatic rings. The van der Waals surface area contributed by atoms with Crippen molar-refractivity contribution in [1.29, 1.82) is 0 Å². The second kappa shape index (κ2) is 5.05. The van der Waals surface area contributed by atoms with Crippen LogP contribution < -0.4 is 4.74 Å². The average molecular weight is 275 g/mol. The molecule has 0 bridgehead atoms. The molecule has 4 heteroatoms. The summed E-state index contributed by atoms with van der Waals surface area (Å²) in [5.41, 5.74) is 2.37. The summed E-state index contributed by atoms with van der Waals surface area (Å²) in [6.07, 6.45) is 1.20. The highest BCUT2D eigenvalue weighted by molar-refractivity contribution is 7.90. The fraction of sp³-hybridized carbons (Fsp3) is 0.200. The Balaban J connectivity index is 2.63. The number of rotatable bonds is 3. The highest BCUT2D eigenvalue weighted by atomic mass is 32.2. The molecule has 1 radical (unpaired) electrons. The van der Waals surface area contributed by atoms with Crippen LogP contribution in [0.25, 0.3) is 11.1 Å². The Kier molecular flexibility index (Phi) is 3.62. The van der Waals surface area contributed by atoms with Gasteiger partial charge >= 0.3 is 0 Å². The third-order valence-electron chi connectivity index (χ3n) is 2.90. The summed E-state index contributed by atoms with van der Waals surface area (Å²) in [5, 5.41) is 0. The molecule has 0 aliphatic carbocycles. The maximum Gasteiger partial charge on any atom is 0.176 e. The van der Waals surface area contributed by atoms with E-state index in [9.17, 15) is 8.42 Å². The van der Waals surface area contributed by atoms with Gasteiger partial charge in [-0.15, -0.1) is 0 Å². The Morgan fingerprint density at radius 3 is 2.53 bits per heavy atom. The molecule has 3 nitrogen and oxygen atoms in total. The highest BCUT2D eigenvalue weighted by Crippen LogP contribution is 2.30. The van der Waals surface area contributed by atoms with Gasteiger partial charge in [-0.2, -0.15) is 0 Å². The van der Waals surface area contributed by atoms with Gasteiger partial charge in [-0.1, -0.05) is 18.2 Å². The lowest BCUT2D eigenvalue weighted by molar-refractivity contribution is 0.412. The fourth-order valence-electron chi connectivity index (χ4n) is 1.99. The lowest BCUT2D eigenvalue weighted by Gasteiger charge is -2.10. The summed E-state index contributed by atoms with van der Waals surface area (Å²) in [5.74, 6) is 0.778. The second-order valence-corrected chi connectivity index (χ2v) is 6.35. The van der Waals surface area contributed by atoms with Gasteiger partial charge in [-0.25, -0.2) is 8.42 Å². The minimum Gasteiger partial charge on any atom is -0.496 e. The van der Waals surface area contributed by atoms with Crippen molar-refractivity contribution in [3.8, 4) is 16.9 Å². The third kappa shape index (κ3) is 2.79. The number of hydrogen-bond donors (Lipinski definition) is 0. The summed E-state index contributed by atoms with van der Waals surface area (Å²) in [6, 6.07) is 13.6. The minimum atomic E-state index is -3.27. The van der Waals surface area contributed by atoms with Crippen LogP contribution in [-0.2, 0) is 9.84 Å². The summed E-state index contributed by atoms with van der Waals surface area (Å²) in [4.78, 5) is 0.291. The monoisotopic (exact) mass is 275 g/mol. The molecule has 0 atom stereocenters. The van der Waals surface area contributed by atoms with Gasteiger partial charge in [0, 0.05) is 11.8 Å². The van der Waals surface area contributed by atoms with Crippen molar-refractivity contribution < 1.29 is 13.2 Å². The van der Waals surface area contributed by atoms with Crippen LogP contribution in [0.5, 0.6) is 5.75 Å². The molecule has 0 aliphatic rings. The molecule has 2 aromatic carbocycles. The summed E-state index contributed by atoms with van der Waals surface area (Å²) in [7, 11) is -1.66. The second-order valence-electron chi connectivity index (χ2n) is 4.37. The lowest BCUT2D eigenvalue weighted by Crippen LogP contribution is -2.00. The predicted octanol–water partition coefficient (Wildman–Crippen LogP) is 2.87. The molecular formula is C15H15O3S. The molecule has 0 amide bonds. The van der Waals surface area contributed by atoms with E-state index >= 15 is 0 Å². The molecule has 0 aliphatic heterocycles. The first kappa shape index (κ1) is 13.6. The van der Waals surface area contributed by atoms with Crippen LogP contribution in [0, 0.1) is 13.0 Å². The number of methoxy groups -OCH3 is 1. The van der Waals surface area contributed by atoms with Crippen LogP contribution in [0.2, 0.25) is 0 Å². The van der Waals surface area contributed by atoms with Crippen LogP contribution >= 0.6 is 0 Å². The van der Waals surface area contributed by atoms with E-state index in [1.807, 2.05) is 25.1 Å². The molecule has 19 heavy (non-hydrogen) atoms. The molecule has 0 unspecified atom stereocenters. The summed E-state index contributed by atoms with van der Waals surface area (Å²) >= 11 is 0. The Morgan fingerprint density at radius 1 is 1.21 bits per heavy atom. The van der Waals surface area contributed by atoms with E-state index in [4.69, 9.17) is 4.74 Å². The Labute approximate surface area is 113 Å². The number of hydrogen-bond acceptors (Lipinski definition) is 3. The van der Waals surface area contributed by atoms with Crippen molar-refractivity contribution in [2.24, 2.45) is 0 Å². The average Bonchev–Trinajstić information content (AvgIpc) is 2.37. The molecule has 0 saturated heterocycles. The highest BCUT2D eigenvalue weighted by Gasteiger charge is 2.14. The molecular weight excluding hydrogens is 260 g/mol. The first-order valence-corrected chi connectivity index (χ1v) is 7.68. The van der Waals surface area contributed by atoms with Gasteiger partial charge in [-0.3, -0.25) is 0 Å². The Hall–Kier alpha value is -1.81. The van der Waals surface area contributed by atoms with Gasteiger partial charge in [0.2, 0.25) is 0 Å². The van der Waals surface area contributed by atoms with Crippen molar-refractivity contribution in [2.45, 2.75) is 11.8 Å². The lowest BCUT2D eigenvalue weighted by atomic mass is 10.0. The molecule has 2 rings (SSSR count). The van der Waals surface area contributed by atoms with E-state index < -0.39 is 9.84 Å². The maximum atomic E-state index is 11.8. The fourth-order valence-corrected chi connectivity index (χ4v) is 2.86. The summed E-state index contributed by atoms with van der Waals surface area (Å²) < 4.78 is 28.8. The zero-order valence-corrected chi connectivity index (χ0v) is 11.9. The third-order valence-corrected chi connectivity index (χ3v) is 4.04. The van der Waals surface area contributed by atoms with Crippen molar-refractivity contribution in [3.63, 3.8) is 0 Å². The normalized spacial score (nSPS) is 11.3. The predicted molar refractivity (Wildman–Crippen MR) is 75.1 cm³/mol. The van der Waals surface area contributed by atoms with Crippen LogP contribution in [-0.4, -0.2) is 21.8 Å². The van der Waals surface area contributed by atoms with Gasteiger partial charge in [0.05, 0.1) is 12.0 Å². The van der Waals surface area contributed by atoms with E-state index in [1.54, 1.807) is 25.3 Å². The zero-order chi connectivity index (χ0) is 14.0. The molecule has 0 N–H and O–H groups in total. The molecule has 0 fully saturated rings. The van der Waals surface area contributed by atoms with Crippen LogP contribution in [0.1, 0.15) is 5.56 Å². The topological polar surface area (TPSA) is 43.4 Å². The van der Waals surface area contributed by atoms with Crippen molar-refractivity contribution in [1.82, 2.24) is 0 Å².